The predicted molar refractivity (Wildman–Crippen MR) is 14.5 cm³/mol. The van der Waals surface area contributed by atoms with E-state index < -0.39 is 0 Å². The van der Waals surface area contributed by atoms with E-state index in [4.69, 9.17) is 0 Å². The van der Waals surface area contributed by atoms with Crippen LogP contribution in [-0.2, 0) is 66.6 Å². The minimum Gasteiger partial charge on any atom is 0 e. The molecule has 0 aliphatic carbocycles. The summed E-state index contributed by atoms with van der Waals surface area (Å²) in [7, 11) is 0. The van der Waals surface area contributed by atoms with E-state index in [-0.39, 0.29) is 90.0 Å². The summed E-state index contributed by atoms with van der Waals surface area (Å²) in [6.45, 7) is 0. The summed E-state index contributed by atoms with van der Waals surface area (Å²) >= 11 is 0. The van der Waals surface area contributed by atoms with Gasteiger partial charge in [-0.15, -0.1) is 0 Å². The zero-order valence-electron chi connectivity index (χ0n) is 2.98. The van der Waals surface area contributed by atoms with Crippen LogP contribution in [0, 0.1) is 0 Å². The van der Waals surface area contributed by atoms with Crippen molar-refractivity contribution in [2.24, 2.45) is 0 Å². The topological polar surface area (TPSA) is 0 Å². The molecule has 0 aromatic carbocycles. The van der Waals surface area contributed by atoms with Crippen molar-refractivity contribution < 1.29 is 66.6 Å². The summed E-state index contributed by atoms with van der Waals surface area (Å²) in [4.78, 5) is 0. The molecule has 0 fully saturated rings. The Morgan fingerprint density at radius 1 is 0.800 bits per heavy atom. The molecule has 0 saturated heterocycles. The SMILES string of the molecule is [Hg].[P].[S].[Zn].[Zn]. The summed E-state index contributed by atoms with van der Waals surface area (Å²) in [6, 6.07) is 0. The monoisotopic (exact) mass is 393 g/mol. The van der Waals surface area contributed by atoms with Crippen molar-refractivity contribution in [2.75, 3.05) is 0 Å². The summed E-state index contributed by atoms with van der Waals surface area (Å²) in [6.07, 6.45) is 0. The number of hydrogen-bond donors (Lipinski definition) is 0. The average molecular weight is 394 g/mol. The molecule has 5 radical (unpaired) electrons. The normalized spacial score (nSPS) is 0. The first kappa shape index (κ1) is 44.0. The Bertz CT molecular complexity index is 9.61. The third-order valence-electron chi connectivity index (χ3n) is 0. The Labute approximate surface area is 88.7 Å². The molecule has 0 aliphatic rings. The van der Waals surface area contributed by atoms with E-state index >= 15 is 0 Å². The molecule has 0 amide bonds. The van der Waals surface area contributed by atoms with Crippen LogP contribution < -0.4 is 0 Å². The van der Waals surface area contributed by atoms with Crippen LogP contribution in [0.25, 0.3) is 0 Å². The van der Waals surface area contributed by atoms with Gasteiger partial charge in [0.1, 0.15) is 0 Å². The summed E-state index contributed by atoms with van der Waals surface area (Å²) in [5.41, 5.74) is 0. The zero-order chi connectivity index (χ0) is 0. The Hall–Kier alpha value is 2.96. The molecule has 0 unspecified atom stereocenters. The van der Waals surface area contributed by atoms with E-state index in [2.05, 4.69) is 0 Å². The Morgan fingerprint density at radius 3 is 0.800 bits per heavy atom. The second kappa shape index (κ2) is 28.2. The molecule has 5 heavy (non-hydrogen) atoms. The van der Waals surface area contributed by atoms with Gasteiger partial charge < -0.3 is 0 Å². The molecule has 0 aromatic rings. The molecule has 0 atom stereocenters. The largest absolute Gasteiger partial charge is 0 e. The Kier molecular flexibility index (Phi) is 248. The van der Waals surface area contributed by atoms with Crippen LogP contribution >= 0.6 is 23.4 Å². The van der Waals surface area contributed by atoms with E-state index in [1.165, 1.54) is 0 Å². The molecule has 0 N–H and O–H groups in total. The van der Waals surface area contributed by atoms with E-state index in [0.717, 1.165) is 0 Å². The van der Waals surface area contributed by atoms with Crippen LogP contribution in [0.4, 0.5) is 0 Å². The maximum absolute atomic E-state index is 0. The van der Waals surface area contributed by atoms with Gasteiger partial charge in [0.05, 0.1) is 0 Å². The molecule has 0 saturated carbocycles. The summed E-state index contributed by atoms with van der Waals surface area (Å²) in [5, 5.41) is 0. The molecule has 5 heteroatoms. The molecule has 17 valence electrons. The molecule has 0 spiro atoms. The zero-order valence-corrected chi connectivity index (χ0v) is 16.1. The van der Waals surface area contributed by atoms with E-state index in [9.17, 15) is 0 Å². The second-order valence-electron chi connectivity index (χ2n) is 0. The quantitative estimate of drug-likeness (QED) is 0.432. The van der Waals surface area contributed by atoms with Crippen molar-refractivity contribution in [1.82, 2.24) is 0 Å². The Morgan fingerprint density at radius 2 is 0.800 bits per heavy atom. The van der Waals surface area contributed by atoms with Gasteiger partial charge in [-0.3, -0.25) is 0 Å². The Balaban J connectivity index is 0. The standard InChI is InChI=1S/Hg.P.S.2Zn. The minimum absolute atomic E-state index is 0. The fourth-order valence-corrected chi connectivity index (χ4v) is 0. The average Bonchev–Trinajstić information content (AvgIpc) is 0. The molecule has 0 rings (SSSR count). The van der Waals surface area contributed by atoms with Crippen LogP contribution in [0.15, 0.2) is 0 Å². The second-order valence-corrected chi connectivity index (χ2v) is 0. The van der Waals surface area contributed by atoms with Crippen molar-refractivity contribution >= 4 is 23.4 Å². The van der Waals surface area contributed by atoms with Crippen molar-refractivity contribution in [1.29, 1.82) is 0 Å². The predicted octanol–water partition coefficient (Wildman–Crippen LogP) is 1.50. The number of hydrogen-bond acceptors (Lipinski definition) is 0. The van der Waals surface area contributed by atoms with Crippen LogP contribution in [0.3, 0.4) is 0 Å². The van der Waals surface area contributed by atoms with E-state index in [1.54, 1.807) is 0 Å². The first-order valence-electron chi connectivity index (χ1n) is 0. The molecular formula is HgPSZn2. The van der Waals surface area contributed by atoms with Gasteiger partial charge in [0.25, 0.3) is 0 Å². The number of rotatable bonds is 0. The molecule has 0 aromatic heterocycles. The minimum atomic E-state index is 0. The van der Waals surface area contributed by atoms with Gasteiger partial charge in [0.2, 0.25) is 0 Å². The van der Waals surface area contributed by atoms with E-state index in [0.29, 0.717) is 0 Å². The third-order valence-corrected chi connectivity index (χ3v) is 0. The third kappa shape index (κ3) is 19.5. The van der Waals surface area contributed by atoms with Crippen LogP contribution in [-0.4, -0.2) is 0 Å². The van der Waals surface area contributed by atoms with Crippen molar-refractivity contribution in [3.63, 3.8) is 0 Å². The van der Waals surface area contributed by atoms with E-state index in [1.807, 2.05) is 0 Å². The summed E-state index contributed by atoms with van der Waals surface area (Å²) < 4.78 is 0. The summed E-state index contributed by atoms with van der Waals surface area (Å²) in [5.74, 6) is 0. The van der Waals surface area contributed by atoms with Gasteiger partial charge in [-0.25, -0.2) is 0 Å². The molecule has 0 bridgehead atoms. The first-order valence-corrected chi connectivity index (χ1v) is 0. The first-order chi connectivity index (χ1) is 0. The van der Waals surface area contributed by atoms with Gasteiger partial charge in [0, 0.05) is 90.0 Å². The van der Waals surface area contributed by atoms with Crippen LogP contribution in [0.2, 0.25) is 0 Å². The van der Waals surface area contributed by atoms with Gasteiger partial charge in [-0.1, -0.05) is 0 Å². The molecular weight excluding hydrogens is 394 g/mol. The van der Waals surface area contributed by atoms with Crippen molar-refractivity contribution in [3.05, 3.63) is 0 Å². The fraction of sp³-hybridized carbons (Fsp3) is 0. The maximum atomic E-state index is 0. The van der Waals surface area contributed by atoms with Crippen molar-refractivity contribution in [2.45, 2.75) is 0 Å². The van der Waals surface area contributed by atoms with Gasteiger partial charge in [-0.2, -0.15) is 0 Å². The molecule has 0 nitrogen and oxygen atoms in total. The fourth-order valence-electron chi connectivity index (χ4n) is 0. The van der Waals surface area contributed by atoms with Crippen molar-refractivity contribution in [3.8, 4) is 0 Å². The smallest absolute Gasteiger partial charge is 0 e. The van der Waals surface area contributed by atoms with Gasteiger partial charge in [0.15, 0.2) is 0 Å². The molecule has 0 aliphatic heterocycles. The van der Waals surface area contributed by atoms with Gasteiger partial charge in [-0.05, 0) is 0 Å². The van der Waals surface area contributed by atoms with Crippen LogP contribution in [0.5, 0.6) is 0 Å². The maximum Gasteiger partial charge on any atom is 0 e. The van der Waals surface area contributed by atoms with Gasteiger partial charge >= 0.3 is 0 Å². The molecule has 0 heterocycles. The van der Waals surface area contributed by atoms with Crippen LogP contribution in [0.1, 0.15) is 0 Å².